The van der Waals surface area contributed by atoms with Crippen LogP contribution in [0.2, 0.25) is 6.04 Å². The van der Waals surface area contributed by atoms with Crippen LogP contribution in [0.1, 0.15) is 59.3 Å². The third-order valence-electron chi connectivity index (χ3n) is 4.27. The first kappa shape index (κ1) is 20.4. The van der Waals surface area contributed by atoms with Crippen molar-refractivity contribution in [2.24, 2.45) is 5.73 Å². The molecule has 1 rings (SSSR count). The van der Waals surface area contributed by atoms with Gasteiger partial charge in [-0.1, -0.05) is 12.8 Å². The monoisotopic (exact) mass is 346 g/mol. The molecule has 0 aliphatic carbocycles. The highest BCUT2D eigenvalue weighted by molar-refractivity contribution is 6.60. The topological polar surface area (TPSA) is 74.0 Å². The van der Waals surface area contributed by atoms with Crippen LogP contribution in [0.4, 0.5) is 4.79 Å². The normalized spacial score (nSPS) is 19.6. The smallest absolute Gasteiger partial charge is 0.374 e. The number of carbonyl (C=O) groups is 1. The molecule has 1 aliphatic rings. The number of likely N-dealkylation sites (tertiary alicyclic amines) is 1. The van der Waals surface area contributed by atoms with Gasteiger partial charge in [-0.3, -0.25) is 0 Å². The van der Waals surface area contributed by atoms with E-state index in [1.807, 2.05) is 25.7 Å². The Bertz CT molecular complexity index is 327. The van der Waals surface area contributed by atoms with E-state index in [0.29, 0.717) is 19.8 Å². The summed E-state index contributed by atoms with van der Waals surface area (Å²) >= 11 is 0. The van der Waals surface area contributed by atoms with E-state index in [1.54, 1.807) is 0 Å². The first-order valence-corrected chi connectivity index (χ1v) is 11.0. The van der Waals surface area contributed by atoms with E-state index in [9.17, 15) is 4.79 Å². The van der Waals surface area contributed by atoms with Gasteiger partial charge >= 0.3 is 14.8 Å². The molecule has 1 fully saturated rings. The molecule has 1 heterocycles. The average Bonchev–Trinajstić information content (AvgIpc) is 2.73. The number of hydrogen-bond acceptors (Lipinski definition) is 4. The van der Waals surface area contributed by atoms with E-state index in [0.717, 1.165) is 38.3 Å². The molecule has 2 amide bonds. The van der Waals surface area contributed by atoms with Gasteiger partial charge in [-0.05, 0) is 46.5 Å². The van der Waals surface area contributed by atoms with Crippen LogP contribution in [0.25, 0.3) is 0 Å². The summed E-state index contributed by atoms with van der Waals surface area (Å²) in [5.41, 5.74) is 5.55. The van der Waals surface area contributed by atoms with Gasteiger partial charge in [-0.25, -0.2) is 4.79 Å². The number of primary amides is 1. The van der Waals surface area contributed by atoms with Crippen molar-refractivity contribution in [3.63, 3.8) is 0 Å². The summed E-state index contributed by atoms with van der Waals surface area (Å²) in [6, 6.07) is 0.748. The molecule has 0 spiro atoms. The number of nitrogens with zero attached hydrogens (tertiary/aromatic N) is 1. The highest BCUT2D eigenvalue weighted by Gasteiger charge is 2.40. The van der Waals surface area contributed by atoms with Gasteiger partial charge in [0.05, 0.1) is 0 Å². The fourth-order valence-corrected chi connectivity index (χ4v) is 5.96. The number of carbonyl (C=O) groups excluding carboxylic acids is 1. The number of nitrogens with two attached hydrogens (primary N) is 1. The third-order valence-corrected chi connectivity index (χ3v) is 7.42. The van der Waals surface area contributed by atoms with Crippen molar-refractivity contribution in [1.82, 2.24) is 4.90 Å². The summed E-state index contributed by atoms with van der Waals surface area (Å²) in [7, 11) is -2.58. The maximum atomic E-state index is 11.7. The Labute approximate surface area is 142 Å². The third kappa shape index (κ3) is 6.79. The van der Waals surface area contributed by atoms with E-state index in [4.69, 9.17) is 19.0 Å². The van der Waals surface area contributed by atoms with Crippen LogP contribution in [-0.2, 0) is 13.3 Å². The summed E-state index contributed by atoms with van der Waals surface area (Å²) in [6.07, 6.45) is 6.30. The summed E-state index contributed by atoms with van der Waals surface area (Å²) in [5, 5.41) is 0. The Morgan fingerprint density at radius 3 is 2.22 bits per heavy atom. The second-order valence-corrected chi connectivity index (χ2v) is 8.64. The minimum atomic E-state index is -2.58. The molecule has 136 valence electrons. The van der Waals surface area contributed by atoms with Crippen molar-refractivity contribution in [2.75, 3.05) is 26.4 Å². The Morgan fingerprint density at radius 2 is 1.70 bits per heavy atom. The molecule has 0 aromatic carbocycles. The van der Waals surface area contributed by atoms with Gasteiger partial charge in [0, 0.05) is 38.5 Å². The second kappa shape index (κ2) is 11.0. The standard InChI is InChI=1S/C16H34N2O4Si/c1-4-20-23(21-5-2,22-6-3)14-10-12-15-11-8-7-9-13-18(15)16(17)19/h15H,4-14H2,1-3H3,(H2,17,19). The Kier molecular flexibility index (Phi) is 9.77. The lowest BCUT2D eigenvalue weighted by Crippen LogP contribution is -2.47. The summed E-state index contributed by atoms with van der Waals surface area (Å²) in [5.74, 6) is 0. The molecular weight excluding hydrogens is 312 g/mol. The summed E-state index contributed by atoms with van der Waals surface area (Å²) in [6.45, 7) is 8.50. The highest BCUT2D eigenvalue weighted by atomic mass is 28.4. The Balaban J connectivity index is 2.59. The van der Waals surface area contributed by atoms with Crippen molar-refractivity contribution in [3.05, 3.63) is 0 Å². The van der Waals surface area contributed by atoms with E-state index in [1.165, 1.54) is 12.8 Å². The lowest BCUT2D eigenvalue weighted by atomic mass is 10.1. The van der Waals surface area contributed by atoms with Crippen molar-refractivity contribution in [3.8, 4) is 0 Å². The molecule has 0 aromatic rings. The second-order valence-electron chi connectivity index (χ2n) is 5.91. The number of amides is 2. The zero-order chi connectivity index (χ0) is 17.1. The van der Waals surface area contributed by atoms with E-state index in [-0.39, 0.29) is 12.1 Å². The van der Waals surface area contributed by atoms with Crippen LogP contribution in [0.5, 0.6) is 0 Å². The average molecular weight is 347 g/mol. The van der Waals surface area contributed by atoms with Crippen molar-refractivity contribution < 1.29 is 18.1 Å². The number of urea groups is 1. The molecule has 6 nitrogen and oxygen atoms in total. The molecule has 0 aromatic heterocycles. The molecule has 1 saturated heterocycles. The first-order valence-electron chi connectivity index (χ1n) is 9.06. The van der Waals surface area contributed by atoms with Crippen molar-refractivity contribution in [1.29, 1.82) is 0 Å². The molecule has 2 N–H and O–H groups in total. The van der Waals surface area contributed by atoms with Crippen molar-refractivity contribution >= 4 is 14.8 Å². The van der Waals surface area contributed by atoms with Crippen LogP contribution in [0.3, 0.4) is 0 Å². The molecule has 0 saturated carbocycles. The van der Waals surface area contributed by atoms with Gasteiger partial charge in [0.1, 0.15) is 0 Å². The zero-order valence-corrected chi connectivity index (χ0v) is 16.0. The summed E-state index contributed by atoms with van der Waals surface area (Å²) in [4.78, 5) is 13.5. The Morgan fingerprint density at radius 1 is 1.09 bits per heavy atom. The lowest BCUT2D eigenvalue weighted by Gasteiger charge is -2.31. The maximum Gasteiger partial charge on any atom is 0.500 e. The molecule has 0 bridgehead atoms. The van der Waals surface area contributed by atoms with Gasteiger partial charge in [0.15, 0.2) is 0 Å². The SMILES string of the molecule is CCO[Si](CCCC1CCCCCN1C(N)=O)(OCC)OCC. The molecule has 1 unspecified atom stereocenters. The predicted molar refractivity (Wildman–Crippen MR) is 93.2 cm³/mol. The molecule has 7 heteroatoms. The quantitative estimate of drug-likeness (QED) is 0.617. The maximum absolute atomic E-state index is 11.7. The van der Waals surface area contributed by atoms with Crippen LogP contribution < -0.4 is 5.73 Å². The van der Waals surface area contributed by atoms with Crippen molar-refractivity contribution in [2.45, 2.75) is 71.4 Å². The zero-order valence-electron chi connectivity index (χ0n) is 15.0. The largest absolute Gasteiger partial charge is 0.500 e. The highest BCUT2D eigenvalue weighted by Crippen LogP contribution is 2.25. The van der Waals surface area contributed by atoms with Gasteiger partial charge in [-0.2, -0.15) is 0 Å². The minimum Gasteiger partial charge on any atom is -0.374 e. The fourth-order valence-electron chi connectivity index (χ4n) is 3.32. The molecule has 23 heavy (non-hydrogen) atoms. The molecular formula is C16H34N2O4Si. The molecule has 1 aliphatic heterocycles. The minimum absolute atomic E-state index is 0.242. The number of hydrogen-bond donors (Lipinski definition) is 1. The fraction of sp³-hybridized carbons (Fsp3) is 0.938. The van der Waals surface area contributed by atoms with Crippen LogP contribution in [0, 0.1) is 0 Å². The van der Waals surface area contributed by atoms with E-state index < -0.39 is 8.80 Å². The summed E-state index contributed by atoms with van der Waals surface area (Å²) < 4.78 is 17.7. The van der Waals surface area contributed by atoms with Gasteiger partial charge < -0.3 is 23.9 Å². The first-order chi connectivity index (χ1) is 11.1. The lowest BCUT2D eigenvalue weighted by molar-refractivity contribution is 0.0701. The van der Waals surface area contributed by atoms with Gasteiger partial charge in [-0.15, -0.1) is 0 Å². The molecule has 1 atom stereocenters. The van der Waals surface area contributed by atoms with Gasteiger partial charge in [0.25, 0.3) is 0 Å². The number of rotatable bonds is 10. The Hall–Kier alpha value is -0.633. The van der Waals surface area contributed by atoms with Crippen LogP contribution in [0.15, 0.2) is 0 Å². The predicted octanol–water partition coefficient (Wildman–Crippen LogP) is 3.14. The van der Waals surface area contributed by atoms with Crippen LogP contribution in [-0.4, -0.2) is 52.1 Å². The van der Waals surface area contributed by atoms with E-state index >= 15 is 0 Å². The van der Waals surface area contributed by atoms with Crippen LogP contribution >= 0.6 is 0 Å². The van der Waals surface area contributed by atoms with Gasteiger partial charge in [0.2, 0.25) is 0 Å². The molecule has 0 radical (unpaired) electrons. The van der Waals surface area contributed by atoms with E-state index in [2.05, 4.69) is 0 Å².